The van der Waals surface area contributed by atoms with Crippen LogP contribution in [-0.2, 0) is 6.54 Å². The van der Waals surface area contributed by atoms with Crippen molar-refractivity contribution in [2.75, 3.05) is 18.8 Å². The Morgan fingerprint density at radius 2 is 2.00 bits per heavy atom. The van der Waals surface area contributed by atoms with E-state index in [0.29, 0.717) is 19.6 Å². The quantitative estimate of drug-likeness (QED) is 0.406. The van der Waals surface area contributed by atoms with Crippen LogP contribution in [0.25, 0.3) is 0 Å². The molecule has 1 aromatic rings. The number of carbonyl (C=O) groups is 1. The van der Waals surface area contributed by atoms with Gasteiger partial charge in [0.05, 0.1) is 0 Å². The number of nitrogens with one attached hydrogen (secondary N) is 2. The number of primary amides is 1. The Morgan fingerprint density at radius 3 is 2.67 bits per heavy atom. The van der Waals surface area contributed by atoms with Gasteiger partial charge in [0.2, 0.25) is 0 Å². The van der Waals surface area contributed by atoms with Crippen LogP contribution in [0.15, 0.2) is 24.3 Å². The van der Waals surface area contributed by atoms with Gasteiger partial charge >= 0.3 is 6.03 Å². The van der Waals surface area contributed by atoms with Crippen molar-refractivity contribution < 1.29 is 4.79 Å². The molecule has 0 aliphatic heterocycles. The van der Waals surface area contributed by atoms with Crippen LogP contribution in [0.3, 0.4) is 0 Å². The standard InChI is InChI=1S/C10H16N4O/c11-9-4-2-1-3-8(9)7-13-5-6-14-10(12)15/h1-4,13H,5-7,11H2,(H3,12,14,15). The summed E-state index contributed by atoms with van der Waals surface area (Å²) >= 11 is 0. The lowest BCUT2D eigenvalue weighted by Crippen LogP contribution is -2.35. The van der Waals surface area contributed by atoms with Crippen LogP contribution >= 0.6 is 0 Å². The molecule has 0 aliphatic rings. The first-order valence-corrected chi connectivity index (χ1v) is 4.77. The third-order valence-electron chi connectivity index (χ3n) is 1.97. The zero-order chi connectivity index (χ0) is 11.1. The maximum atomic E-state index is 10.3. The summed E-state index contributed by atoms with van der Waals surface area (Å²) in [4.78, 5) is 10.3. The molecule has 0 unspecified atom stereocenters. The molecule has 1 rings (SSSR count). The number of nitrogen functional groups attached to an aromatic ring is 1. The normalized spacial score (nSPS) is 9.87. The molecule has 82 valence electrons. The maximum absolute atomic E-state index is 10.3. The Kier molecular flexibility index (Phi) is 4.43. The third kappa shape index (κ3) is 4.33. The van der Waals surface area contributed by atoms with Gasteiger partial charge in [0, 0.05) is 25.3 Å². The van der Waals surface area contributed by atoms with Crippen molar-refractivity contribution >= 4 is 11.7 Å². The lowest BCUT2D eigenvalue weighted by Gasteiger charge is -2.07. The van der Waals surface area contributed by atoms with Gasteiger partial charge in [-0.05, 0) is 11.6 Å². The van der Waals surface area contributed by atoms with Gasteiger partial charge in [-0.15, -0.1) is 0 Å². The van der Waals surface area contributed by atoms with E-state index in [9.17, 15) is 4.79 Å². The van der Waals surface area contributed by atoms with Gasteiger partial charge in [0.25, 0.3) is 0 Å². The van der Waals surface area contributed by atoms with Crippen molar-refractivity contribution in [3.8, 4) is 0 Å². The fourth-order valence-electron chi connectivity index (χ4n) is 1.19. The van der Waals surface area contributed by atoms with E-state index >= 15 is 0 Å². The Morgan fingerprint density at radius 1 is 1.27 bits per heavy atom. The summed E-state index contributed by atoms with van der Waals surface area (Å²) in [5, 5.41) is 5.64. The lowest BCUT2D eigenvalue weighted by molar-refractivity contribution is 0.249. The van der Waals surface area contributed by atoms with Gasteiger partial charge in [-0.2, -0.15) is 0 Å². The first-order valence-electron chi connectivity index (χ1n) is 4.77. The van der Waals surface area contributed by atoms with Crippen LogP contribution < -0.4 is 22.1 Å². The number of urea groups is 1. The van der Waals surface area contributed by atoms with Gasteiger partial charge in [0.15, 0.2) is 0 Å². The molecule has 0 heterocycles. The number of hydrogen-bond acceptors (Lipinski definition) is 3. The van der Waals surface area contributed by atoms with Crippen LogP contribution in [0.1, 0.15) is 5.56 Å². The van der Waals surface area contributed by atoms with Gasteiger partial charge in [0.1, 0.15) is 0 Å². The molecule has 0 saturated carbocycles. The predicted octanol–water partition coefficient (Wildman–Crippen LogP) is 0.0267. The van der Waals surface area contributed by atoms with Crippen LogP contribution in [0.2, 0.25) is 0 Å². The molecular formula is C10H16N4O. The highest BCUT2D eigenvalue weighted by atomic mass is 16.2. The van der Waals surface area contributed by atoms with Crippen LogP contribution in [0.5, 0.6) is 0 Å². The molecule has 0 aliphatic carbocycles. The minimum atomic E-state index is -0.504. The second-order valence-electron chi connectivity index (χ2n) is 3.17. The Labute approximate surface area is 88.8 Å². The number of para-hydroxylation sites is 1. The third-order valence-corrected chi connectivity index (χ3v) is 1.97. The number of hydrogen-bond donors (Lipinski definition) is 4. The molecule has 2 amide bonds. The second-order valence-corrected chi connectivity index (χ2v) is 3.17. The molecule has 0 atom stereocenters. The highest BCUT2D eigenvalue weighted by molar-refractivity contribution is 5.71. The van der Waals surface area contributed by atoms with E-state index < -0.39 is 6.03 Å². The number of nitrogens with two attached hydrogens (primary N) is 2. The zero-order valence-corrected chi connectivity index (χ0v) is 8.49. The summed E-state index contributed by atoms with van der Waals surface area (Å²) in [5.41, 5.74) is 12.5. The number of carbonyl (C=O) groups excluding carboxylic acids is 1. The Hall–Kier alpha value is -1.75. The molecular weight excluding hydrogens is 192 g/mol. The average molecular weight is 208 g/mol. The van der Waals surface area contributed by atoms with E-state index in [0.717, 1.165) is 11.3 Å². The van der Waals surface area contributed by atoms with Gasteiger partial charge in [-0.1, -0.05) is 18.2 Å². The van der Waals surface area contributed by atoms with Crippen LogP contribution in [0.4, 0.5) is 10.5 Å². The van der Waals surface area contributed by atoms with Crippen molar-refractivity contribution in [1.29, 1.82) is 0 Å². The zero-order valence-electron chi connectivity index (χ0n) is 8.49. The highest BCUT2D eigenvalue weighted by Gasteiger charge is 1.96. The molecule has 0 spiro atoms. The molecule has 1 aromatic carbocycles. The van der Waals surface area contributed by atoms with Crippen molar-refractivity contribution in [2.24, 2.45) is 5.73 Å². The van der Waals surface area contributed by atoms with Crippen molar-refractivity contribution in [3.05, 3.63) is 29.8 Å². The summed E-state index contributed by atoms with van der Waals surface area (Å²) in [6.45, 7) is 1.87. The molecule has 6 N–H and O–H groups in total. The van der Waals surface area contributed by atoms with Gasteiger partial charge < -0.3 is 22.1 Å². The molecule has 5 nitrogen and oxygen atoms in total. The Bertz CT molecular complexity index is 327. The SMILES string of the molecule is NC(=O)NCCNCc1ccccc1N. The topological polar surface area (TPSA) is 93.2 Å². The summed E-state index contributed by atoms with van der Waals surface area (Å²) in [6, 6.07) is 7.15. The predicted molar refractivity (Wildman–Crippen MR) is 60.1 cm³/mol. The second kappa shape index (κ2) is 5.87. The minimum Gasteiger partial charge on any atom is -0.398 e. The average Bonchev–Trinajstić information content (AvgIpc) is 2.20. The van der Waals surface area contributed by atoms with E-state index in [2.05, 4.69) is 10.6 Å². The highest BCUT2D eigenvalue weighted by Crippen LogP contribution is 2.09. The van der Waals surface area contributed by atoms with Crippen molar-refractivity contribution in [1.82, 2.24) is 10.6 Å². The number of rotatable bonds is 5. The van der Waals surface area contributed by atoms with E-state index in [4.69, 9.17) is 11.5 Å². The van der Waals surface area contributed by atoms with E-state index in [1.165, 1.54) is 0 Å². The van der Waals surface area contributed by atoms with Crippen molar-refractivity contribution in [3.63, 3.8) is 0 Å². The molecule has 0 fully saturated rings. The lowest BCUT2D eigenvalue weighted by atomic mass is 10.2. The molecule has 0 radical (unpaired) electrons. The monoisotopic (exact) mass is 208 g/mol. The molecule has 0 saturated heterocycles. The summed E-state index contributed by atoms with van der Waals surface area (Å²) < 4.78 is 0. The van der Waals surface area contributed by atoms with Gasteiger partial charge in [-0.25, -0.2) is 4.79 Å². The van der Waals surface area contributed by atoms with Crippen molar-refractivity contribution in [2.45, 2.75) is 6.54 Å². The van der Waals surface area contributed by atoms with Gasteiger partial charge in [-0.3, -0.25) is 0 Å². The number of anilines is 1. The molecule has 15 heavy (non-hydrogen) atoms. The summed E-state index contributed by atoms with van der Waals surface area (Å²) in [7, 11) is 0. The number of benzene rings is 1. The van der Waals surface area contributed by atoms with E-state index in [-0.39, 0.29) is 0 Å². The summed E-state index contributed by atoms with van der Waals surface area (Å²) in [6.07, 6.45) is 0. The molecule has 5 heteroatoms. The minimum absolute atomic E-state index is 0.504. The largest absolute Gasteiger partial charge is 0.398 e. The van der Waals surface area contributed by atoms with Crippen LogP contribution in [-0.4, -0.2) is 19.1 Å². The van der Waals surface area contributed by atoms with Crippen LogP contribution in [0, 0.1) is 0 Å². The number of amides is 2. The molecule has 0 aromatic heterocycles. The Balaban J connectivity index is 2.21. The fourth-order valence-corrected chi connectivity index (χ4v) is 1.19. The first kappa shape index (κ1) is 11.3. The smallest absolute Gasteiger partial charge is 0.312 e. The first-order chi connectivity index (χ1) is 7.20. The van der Waals surface area contributed by atoms with E-state index in [1.54, 1.807) is 0 Å². The molecule has 0 bridgehead atoms. The van der Waals surface area contributed by atoms with E-state index in [1.807, 2.05) is 24.3 Å². The fraction of sp³-hybridized carbons (Fsp3) is 0.300. The summed E-state index contributed by atoms with van der Waals surface area (Å²) in [5.74, 6) is 0. The maximum Gasteiger partial charge on any atom is 0.312 e.